The van der Waals surface area contributed by atoms with Crippen LogP contribution in [0.3, 0.4) is 0 Å². The lowest BCUT2D eigenvalue weighted by Crippen LogP contribution is -2.34. The Bertz CT molecular complexity index is 302. The second-order valence-electron chi connectivity index (χ2n) is 4.12. The van der Waals surface area contributed by atoms with Crippen LogP contribution in [0.4, 0.5) is 0 Å². The molecule has 2 N–H and O–H groups in total. The molecule has 2 rings (SSSR count). The molecule has 1 aromatic rings. The number of rotatable bonds is 3. The van der Waals surface area contributed by atoms with Crippen LogP contribution in [0.5, 0.6) is 0 Å². The largest absolute Gasteiger partial charge is 0.378 e. The minimum Gasteiger partial charge on any atom is -0.378 e. The van der Waals surface area contributed by atoms with Gasteiger partial charge in [0.15, 0.2) is 0 Å². The Kier molecular flexibility index (Phi) is 3.36. The van der Waals surface area contributed by atoms with E-state index in [1.807, 2.05) is 6.07 Å². The molecule has 0 aliphatic carbocycles. The molecule has 0 amide bonds. The van der Waals surface area contributed by atoms with Crippen molar-refractivity contribution in [3.8, 4) is 0 Å². The molecule has 0 unspecified atom stereocenters. The summed E-state index contributed by atoms with van der Waals surface area (Å²) in [6.07, 6.45) is 0.189. The second kappa shape index (κ2) is 4.75. The van der Waals surface area contributed by atoms with E-state index in [0.717, 1.165) is 19.6 Å². The van der Waals surface area contributed by atoms with E-state index >= 15 is 0 Å². The third kappa shape index (κ3) is 2.56. The van der Waals surface area contributed by atoms with Gasteiger partial charge < -0.3 is 10.5 Å². The van der Waals surface area contributed by atoms with Crippen molar-refractivity contribution in [2.45, 2.75) is 18.7 Å². The molecule has 15 heavy (non-hydrogen) atoms. The molecule has 1 saturated heterocycles. The van der Waals surface area contributed by atoms with Crippen LogP contribution in [-0.4, -0.2) is 37.2 Å². The first-order valence-electron chi connectivity index (χ1n) is 5.34. The first-order valence-corrected chi connectivity index (χ1v) is 5.34. The highest BCUT2D eigenvalue weighted by molar-refractivity contribution is 5.14. The van der Waals surface area contributed by atoms with Crippen LogP contribution in [0.15, 0.2) is 30.3 Å². The third-order valence-electron chi connectivity index (χ3n) is 2.94. The zero-order valence-corrected chi connectivity index (χ0v) is 9.10. The summed E-state index contributed by atoms with van der Waals surface area (Å²) >= 11 is 0. The van der Waals surface area contributed by atoms with E-state index in [0.29, 0.717) is 0 Å². The molecule has 3 nitrogen and oxygen atoms in total. The average Bonchev–Trinajstić information content (AvgIpc) is 2.60. The fraction of sp³-hybridized carbons (Fsp3) is 0.500. The fourth-order valence-electron chi connectivity index (χ4n) is 2.10. The van der Waals surface area contributed by atoms with Crippen LogP contribution in [0.25, 0.3) is 0 Å². The standard InChI is InChI=1S/C12H18N2O/c1-15-12-9-14(8-11(12)13)7-10-5-3-2-4-6-10/h2-6,11-12H,7-9,13H2,1H3/t11-,12-/m0/s1. The topological polar surface area (TPSA) is 38.5 Å². The molecule has 0 bridgehead atoms. The Balaban J connectivity index is 1.92. The Labute approximate surface area is 90.8 Å². The van der Waals surface area contributed by atoms with Crippen LogP contribution in [0.2, 0.25) is 0 Å². The lowest BCUT2D eigenvalue weighted by molar-refractivity contribution is 0.0976. The minimum atomic E-state index is 0.152. The summed E-state index contributed by atoms with van der Waals surface area (Å²) in [6.45, 7) is 2.83. The summed E-state index contributed by atoms with van der Waals surface area (Å²) in [7, 11) is 1.73. The van der Waals surface area contributed by atoms with Gasteiger partial charge in [0.25, 0.3) is 0 Å². The van der Waals surface area contributed by atoms with Crippen molar-refractivity contribution in [3.63, 3.8) is 0 Å². The van der Waals surface area contributed by atoms with Crippen LogP contribution in [0.1, 0.15) is 5.56 Å². The Morgan fingerprint density at radius 3 is 2.67 bits per heavy atom. The number of hydrogen-bond donors (Lipinski definition) is 1. The van der Waals surface area contributed by atoms with E-state index < -0.39 is 0 Å². The highest BCUT2D eigenvalue weighted by Gasteiger charge is 2.29. The quantitative estimate of drug-likeness (QED) is 0.796. The van der Waals surface area contributed by atoms with Gasteiger partial charge in [-0.2, -0.15) is 0 Å². The summed E-state index contributed by atoms with van der Waals surface area (Å²) in [4.78, 5) is 2.34. The normalized spacial score (nSPS) is 27.1. The lowest BCUT2D eigenvalue weighted by Gasteiger charge is -2.14. The number of ether oxygens (including phenoxy) is 1. The molecule has 0 saturated carbocycles. The summed E-state index contributed by atoms with van der Waals surface area (Å²) in [5, 5.41) is 0. The van der Waals surface area contributed by atoms with E-state index in [1.54, 1.807) is 7.11 Å². The van der Waals surface area contributed by atoms with Crippen molar-refractivity contribution in [1.29, 1.82) is 0 Å². The monoisotopic (exact) mass is 206 g/mol. The molecule has 1 heterocycles. The van der Waals surface area contributed by atoms with Crippen molar-refractivity contribution < 1.29 is 4.74 Å². The number of methoxy groups -OCH3 is 1. The summed E-state index contributed by atoms with van der Waals surface area (Å²) in [5.41, 5.74) is 7.30. The Morgan fingerprint density at radius 2 is 2.07 bits per heavy atom. The van der Waals surface area contributed by atoms with E-state index in [2.05, 4.69) is 29.2 Å². The smallest absolute Gasteiger partial charge is 0.0861 e. The highest BCUT2D eigenvalue weighted by atomic mass is 16.5. The lowest BCUT2D eigenvalue weighted by atomic mass is 10.2. The van der Waals surface area contributed by atoms with Gasteiger partial charge in [0.1, 0.15) is 0 Å². The van der Waals surface area contributed by atoms with Gasteiger partial charge in [-0.25, -0.2) is 0 Å². The van der Waals surface area contributed by atoms with E-state index in [4.69, 9.17) is 10.5 Å². The van der Waals surface area contributed by atoms with E-state index in [9.17, 15) is 0 Å². The molecule has 1 fully saturated rings. The molecule has 0 aromatic heterocycles. The molecule has 1 aliphatic heterocycles. The molecule has 82 valence electrons. The van der Waals surface area contributed by atoms with Crippen LogP contribution < -0.4 is 5.73 Å². The number of nitrogens with two attached hydrogens (primary N) is 1. The van der Waals surface area contributed by atoms with Crippen LogP contribution >= 0.6 is 0 Å². The molecule has 1 aromatic carbocycles. The SMILES string of the molecule is CO[C@H]1CN(Cc2ccccc2)C[C@@H]1N. The summed E-state index contributed by atoms with van der Waals surface area (Å²) in [5.74, 6) is 0. The predicted molar refractivity (Wildman–Crippen MR) is 60.5 cm³/mol. The summed E-state index contributed by atoms with van der Waals surface area (Å²) in [6, 6.07) is 10.6. The zero-order valence-electron chi connectivity index (χ0n) is 9.10. The van der Waals surface area contributed by atoms with Gasteiger partial charge in [0.2, 0.25) is 0 Å². The highest BCUT2D eigenvalue weighted by Crippen LogP contribution is 2.14. The average molecular weight is 206 g/mol. The molecule has 0 radical (unpaired) electrons. The van der Waals surface area contributed by atoms with Crippen molar-refractivity contribution >= 4 is 0 Å². The number of hydrogen-bond acceptors (Lipinski definition) is 3. The zero-order chi connectivity index (χ0) is 10.7. The van der Waals surface area contributed by atoms with Crippen molar-refractivity contribution in [2.24, 2.45) is 5.73 Å². The molecule has 1 aliphatic rings. The predicted octanol–water partition coefficient (Wildman–Crippen LogP) is 0.845. The first kappa shape index (κ1) is 10.6. The Morgan fingerprint density at radius 1 is 1.33 bits per heavy atom. The van der Waals surface area contributed by atoms with Gasteiger partial charge in [-0.1, -0.05) is 30.3 Å². The molecule has 2 atom stereocenters. The van der Waals surface area contributed by atoms with Gasteiger partial charge in [-0.05, 0) is 5.56 Å². The molecular weight excluding hydrogens is 188 g/mol. The van der Waals surface area contributed by atoms with E-state index in [1.165, 1.54) is 5.56 Å². The van der Waals surface area contributed by atoms with Crippen molar-refractivity contribution in [3.05, 3.63) is 35.9 Å². The maximum atomic E-state index is 5.97. The first-order chi connectivity index (χ1) is 7.29. The van der Waals surface area contributed by atoms with Gasteiger partial charge in [-0.3, -0.25) is 4.90 Å². The van der Waals surface area contributed by atoms with E-state index in [-0.39, 0.29) is 12.1 Å². The fourth-order valence-corrected chi connectivity index (χ4v) is 2.10. The van der Waals surface area contributed by atoms with Crippen LogP contribution in [0, 0.1) is 0 Å². The maximum Gasteiger partial charge on any atom is 0.0861 e. The van der Waals surface area contributed by atoms with Gasteiger partial charge in [0, 0.05) is 32.8 Å². The number of benzene rings is 1. The number of nitrogens with zero attached hydrogens (tertiary/aromatic N) is 1. The number of likely N-dealkylation sites (tertiary alicyclic amines) is 1. The molecule has 0 spiro atoms. The maximum absolute atomic E-state index is 5.97. The van der Waals surface area contributed by atoms with Crippen molar-refractivity contribution in [2.75, 3.05) is 20.2 Å². The van der Waals surface area contributed by atoms with Gasteiger partial charge in [0.05, 0.1) is 6.10 Å². The third-order valence-corrected chi connectivity index (χ3v) is 2.94. The van der Waals surface area contributed by atoms with Crippen LogP contribution in [-0.2, 0) is 11.3 Å². The van der Waals surface area contributed by atoms with Gasteiger partial charge >= 0.3 is 0 Å². The molecular formula is C12H18N2O. The molecule has 3 heteroatoms. The second-order valence-corrected chi connectivity index (χ2v) is 4.12. The van der Waals surface area contributed by atoms with Crippen molar-refractivity contribution in [1.82, 2.24) is 4.90 Å². The summed E-state index contributed by atoms with van der Waals surface area (Å²) < 4.78 is 5.32. The van der Waals surface area contributed by atoms with Gasteiger partial charge in [-0.15, -0.1) is 0 Å². The minimum absolute atomic E-state index is 0.152. The Hall–Kier alpha value is -0.900.